The Balaban J connectivity index is 1.56. The number of carbonyl (C=O) groups excluding carboxylic acids is 2. The number of carbonyl (C=O) groups is 2. The van der Waals surface area contributed by atoms with Gasteiger partial charge in [-0.2, -0.15) is 11.8 Å². The van der Waals surface area contributed by atoms with Crippen LogP contribution in [0.25, 0.3) is 0 Å². The first kappa shape index (κ1) is 20.3. The van der Waals surface area contributed by atoms with Crippen LogP contribution in [0.2, 0.25) is 0 Å². The van der Waals surface area contributed by atoms with Gasteiger partial charge in [-0.1, -0.05) is 19.1 Å². The number of hydrogen-bond acceptors (Lipinski definition) is 4. The minimum absolute atomic E-state index is 0.0557. The molecule has 28 heavy (non-hydrogen) atoms. The standard InChI is InChI=1S/C22H26N2O3S/c1-3-17-4-7-19(8-5-17)27-15-21(25)23-20-9-6-18(14-16(20)2)22(26)24-10-12-28-13-11-24/h4-9,14H,3,10-13,15H2,1-2H3,(H,23,25). The summed E-state index contributed by atoms with van der Waals surface area (Å²) in [4.78, 5) is 26.7. The van der Waals surface area contributed by atoms with Crippen LogP contribution in [-0.4, -0.2) is 47.9 Å². The van der Waals surface area contributed by atoms with E-state index in [2.05, 4.69) is 12.2 Å². The summed E-state index contributed by atoms with van der Waals surface area (Å²) in [6.45, 7) is 5.51. The Kier molecular flexibility index (Phi) is 6.98. The molecule has 1 heterocycles. The number of aryl methyl sites for hydroxylation is 2. The summed E-state index contributed by atoms with van der Waals surface area (Å²) in [5, 5.41) is 2.86. The van der Waals surface area contributed by atoms with Gasteiger partial charge < -0.3 is 15.0 Å². The molecular formula is C22H26N2O3S. The van der Waals surface area contributed by atoms with Crippen molar-refractivity contribution in [3.63, 3.8) is 0 Å². The van der Waals surface area contributed by atoms with Crippen LogP contribution < -0.4 is 10.1 Å². The van der Waals surface area contributed by atoms with Crippen LogP contribution in [0.4, 0.5) is 5.69 Å². The van der Waals surface area contributed by atoms with Gasteiger partial charge >= 0.3 is 0 Å². The highest BCUT2D eigenvalue weighted by molar-refractivity contribution is 7.99. The number of amides is 2. The zero-order valence-corrected chi connectivity index (χ0v) is 17.2. The van der Waals surface area contributed by atoms with E-state index in [0.717, 1.165) is 36.6 Å². The molecular weight excluding hydrogens is 372 g/mol. The summed E-state index contributed by atoms with van der Waals surface area (Å²) in [6.07, 6.45) is 0.968. The summed E-state index contributed by atoms with van der Waals surface area (Å²) in [7, 11) is 0. The van der Waals surface area contributed by atoms with Crippen molar-refractivity contribution < 1.29 is 14.3 Å². The van der Waals surface area contributed by atoms with E-state index in [9.17, 15) is 9.59 Å². The lowest BCUT2D eigenvalue weighted by Gasteiger charge is -2.26. The molecule has 0 atom stereocenters. The first-order valence-corrected chi connectivity index (χ1v) is 10.7. The summed E-state index contributed by atoms with van der Waals surface area (Å²) < 4.78 is 5.55. The highest BCUT2D eigenvalue weighted by atomic mass is 32.2. The van der Waals surface area contributed by atoms with Crippen LogP contribution in [0.3, 0.4) is 0 Å². The van der Waals surface area contributed by atoms with Crippen molar-refractivity contribution in [2.24, 2.45) is 0 Å². The first-order valence-electron chi connectivity index (χ1n) is 9.56. The maximum Gasteiger partial charge on any atom is 0.262 e. The second-order valence-corrected chi connectivity index (χ2v) is 7.99. The lowest BCUT2D eigenvalue weighted by Crippen LogP contribution is -2.37. The van der Waals surface area contributed by atoms with Crippen molar-refractivity contribution in [3.8, 4) is 5.75 Å². The van der Waals surface area contributed by atoms with Crippen molar-refractivity contribution >= 4 is 29.3 Å². The number of rotatable bonds is 6. The number of nitrogens with zero attached hydrogens (tertiary/aromatic N) is 1. The molecule has 148 valence electrons. The van der Waals surface area contributed by atoms with E-state index in [1.807, 2.05) is 53.9 Å². The molecule has 0 aromatic heterocycles. The van der Waals surface area contributed by atoms with Gasteiger partial charge in [0.25, 0.3) is 11.8 Å². The third kappa shape index (κ3) is 5.29. The number of nitrogens with one attached hydrogen (secondary N) is 1. The van der Waals surface area contributed by atoms with Crippen LogP contribution in [0.5, 0.6) is 5.75 Å². The molecule has 1 aliphatic heterocycles. The average Bonchev–Trinajstić information content (AvgIpc) is 2.74. The largest absolute Gasteiger partial charge is 0.484 e. The molecule has 0 saturated carbocycles. The van der Waals surface area contributed by atoms with E-state index in [1.54, 1.807) is 12.1 Å². The monoisotopic (exact) mass is 398 g/mol. The van der Waals surface area contributed by atoms with E-state index < -0.39 is 0 Å². The summed E-state index contributed by atoms with van der Waals surface area (Å²) in [5.41, 5.74) is 3.44. The van der Waals surface area contributed by atoms with Gasteiger partial charge in [0.15, 0.2) is 6.61 Å². The molecule has 1 saturated heterocycles. The summed E-state index contributed by atoms with van der Waals surface area (Å²) >= 11 is 1.88. The van der Waals surface area contributed by atoms with E-state index in [-0.39, 0.29) is 18.4 Å². The fourth-order valence-corrected chi connectivity index (χ4v) is 3.95. The molecule has 3 rings (SSSR count). The molecule has 2 amide bonds. The highest BCUT2D eigenvalue weighted by Crippen LogP contribution is 2.20. The fraction of sp³-hybridized carbons (Fsp3) is 0.364. The topological polar surface area (TPSA) is 58.6 Å². The summed E-state index contributed by atoms with van der Waals surface area (Å²) in [6, 6.07) is 13.1. The molecule has 2 aromatic carbocycles. The highest BCUT2D eigenvalue weighted by Gasteiger charge is 2.19. The first-order chi connectivity index (χ1) is 13.6. The quantitative estimate of drug-likeness (QED) is 0.805. The number of anilines is 1. The van der Waals surface area contributed by atoms with Crippen LogP contribution in [-0.2, 0) is 11.2 Å². The average molecular weight is 399 g/mol. The Morgan fingerprint density at radius 1 is 1.11 bits per heavy atom. The second-order valence-electron chi connectivity index (χ2n) is 6.77. The predicted molar refractivity (Wildman–Crippen MR) is 114 cm³/mol. The Bertz CT molecular complexity index is 830. The molecule has 1 aliphatic rings. The maximum atomic E-state index is 12.6. The zero-order valence-electron chi connectivity index (χ0n) is 16.4. The molecule has 5 nitrogen and oxygen atoms in total. The van der Waals surface area contributed by atoms with Gasteiger partial charge in [0.05, 0.1) is 0 Å². The number of hydrogen-bond donors (Lipinski definition) is 1. The molecule has 1 N–H and O–H groups in total. The van der Waals surface area contributed by atoms with E-state index in [0.29, 0.717) is 17.0 Å². The normalized spacial score (nSPS) is 13.9. The molecule has 0 spiro atoms. The summed E-state index contributed by atoms with van der Waals surface area (Å²) in [5.74, 6) is 2.47. The smallest absolute Gasteiger partial charge is 0.262 e. The van der Waals surface area contributed by atoms with Crippen LogP contribution >= 0.6 is 11.8 Å². The number of thioether (sulfide) groups is 1. The SMILES string of the molecule is CCc1ccc(OCC(=O)Nc2ccc(C(=O)N3CCSCC3)cc2C)cc1. The van der Waals surface area contributed by atoms with Crippen molar-refractivity contribution in [1.29, 1.82) is 0 Å². The molecule has 0 radical (unpaired) electrons. The van der Waals surface area contributed by atoms with Gasteiger partial charge in [0.2, 0.25) is 0 Å². The van der Waals surface area contributed by atoms with Gasteiger partial charge in [0, 0.05) is 35.8 Å². The Labute approximate surface area is 170 Å². The number of benzene rings is 2. The number of ether oxygens (including phenoxy) is 1. The van der Waals surface area contributed by atoms with E-state index in [4.69, 9.17) is 4.74 Å². The molecule has 0 bridgehead atoms. The minimum atomic E-state index is -0.227. The van der Waals surface area contributed by atoms with E-state index in [1.165, 1.54) is 5.56 Å². The molecule has 1 fully saturated rings. The Hall–Kier alpha value is -2.47. The Morgan fingerprint density at radius 3 is 2.46 bits per heavy atom. The lowest BCUT2D eigenvalue weighted by molar-refractivity contribution is -0.118. The zero-order chi connectivity index (χ0) is 19.9. The van der Waals surface area contributed by atoms with Crippen molar-refractivity contribution in [3.05, 3.63) is 59.2 Å². The van der Waals surface area contributed by atoms with Crippen molar-refractivity contribution in [1.82, 2.24) is 4.90 Å². The van der Waals surface area contributed by atoms with Crippen molar-refractivity contribution in [2.45, 2.75) is 20.3 Å². The minimum Gasteiger partial charge on any atom is -0.484 e. The molecule has 6 heteroatoms. The van der Waals surface area contributed by atoms with Crippen molar-refractivity contribution in [2.75, 3.05) is 36.5 Å². The molecule has 0 unspecified atom stereocenters. The van der Waals surface area contributed by atoms with Crippen LogP contribution in [0.1, 0.15) is 28.4 Å². The van der Waals surface area contributed by atoms with Gasteiger partial charge in [-0.3, -0.25) is 9.59 Å². The van der Waals surface area contributed by atoms with Crippen LogP contribution in [0, 0.1) is 6.92 Å². The third-order valence-electron chi connectivity index (χ3n) is 4.75. The second kappa shape index (κ2) is 9.64. The Morgan fingerprint density at radius 2 is 1.82 bits per heavy atom. The van der Waals surface area contributed by atoms with Gasteiger partial charge in [-0.25, -0.2) is 0 Å². The molecule has 2 aromatic rings. The van der Waals surface area contributed by atoms with E-state index >= 15 is 0 Å². The fourth-order valence-electron chi connectivity index (χ4n) is 3.04. The van der Waals surface area contributed by atoms with Crippen LogP contribution in [0.15, 0.2) is 42.5 Å². The third-order valence-corrected chi connectivity index (χ3v) is 5.69. The maximum absolute atomic E-state index is 12.6. The lowest BCUT2D eigenvalue weighted by atomic mass is 10.1. The van der Waals surface area contributed by atoms with Gasteiger partial charge in [-0.05, 0) is 54.8 Å². The van der Waals surface area contributed by atoms with Gasteiger partial charge in [-0.15, -0.1) is 0 Å². The van der Waals surface area contributed by atoms with Gasteiger partial charge in [0.1, 0.15) is 5.75 Å². The predicted octanol–water partition coefficient (Wildman–Crippen LogP) is 3.76. The molecule has 0 aliphatic carbocycles.